The predicted octanol–water partition coefficient (Wildman–Crippen LogP) is 6.43. The van der Waals surface area contributed by atoms with Crippen molar-refractivity contribution in [1.82, 2.24) is 0 Å². The first-order valence-corrected chi connectivity index (χ1v) is 10.0. The van der Waals surface area contributed by atoms with Gasteiger partial charge >= 0.3 is 5.97 Å². The summed E-state index contributed by atoms with van der Waals surface area (Å²) < 4.78 is 0. The van der Waals surface area contributed by atoms with Crippen molar-refractivity contribution in [3.8, 4) is 0 Å². The molecule has 4 heteroatoms. The first kappa shape index (κ1) is 19.0. The van der Waals surface area contributed by atoms with Crippen LogP contribution in [0.4, 0.5) is 11.4 Å². The lowest BCUT2D eigenvalue weighted by molar-refractivity contribution is 0.0703. The maximum absolute atomic E-state index is 12.0. The van der Waals surface area contributed by atoms with E-state index in [0.717, 1.165) is 29.1 Å². The van der Waals surface area contributed by atoms with Crippen LogP contribution in [0.2, 0.25) is 0 Å². The van der Waals surface area contributed by atoms with Gasteiger partial charge in [0.15, 0.2) is 0 Å². The number of carboxylic acids is 1. The zero-order valence-corrected chi connectivity index (χ0v) is 16.3. The smallest absolute Gasteiger partial charge is 0.348 e. The molecular weight excluding hydrogens is 354 g/mol. The summed E-state index contributed by atoms with van der Waals surface area (Å²) in [6.45, 7) is 2.42. The van der Waals surface area contributed by atoms with Crippen molar-refractivity contribution in [3.05, 3.63) is 75.8 Å². The number of rotatable bonds is 6. The third-order valence-electron chi connectivity index (χ3n) is 4.48. The van der Waals surface area contributed by atoms with E-state index >= 15 is 0 Å². The van der Waals surface area contributed by atoms with Crippen molar-refractivity contribution < 1.29 is 9.90 Å². The summed E-state index contributed by atoms with van der Waals surface area (Å²) in [7, 11) is 0. The molecule has 0 saturated carbocycles. The van der Waals surface area contributed by atoms with Gasteiger partial charge in [0.2, 0.25) is 0 Å². The van der Waals surface area contributed by atoms with E-state index < -0.39 is 5.97 Å². The Morgan fingerprint density at radius 1 is 1.26 bits per heavy atom. The number of hydrogen-bond acceptors (Lipinski definition) is 3. The van der Waals surface area contributed by atoms with Crippen LogP contribution in [0.3, 0.4) is 0 Å². The molecule has 2 aromatic rings. The molecule has 3 rings (SSSR count). The van der Waals surface area contributed by atoms with Crippen LogP contribution in [0.1, 0.15) is 47.2 Å². The van der Waals surface area contributed by atoms with Gasteiger partial charge in [-0.25, -0.2) is 4.79 Å². The fraction of sp³-hybridized carbons (Fsp3) is 0.261. The number of anilines is 2. The summed E-state index contributed by atoms with van der Waals surface area (Å²) in [4.78, 5) is 15.4. The second-order valence-electron chi connectivity index (χ2n) is 6.33. The second-order valence-corrected chi connectivity index (χ2v) is 7.39. The molecule has 0 fully saturated rings. The average molecular weight is 378 g/mol. The highest BCUT2D eigenvalue weighted by atomic mass is 32.1. The lowest BCUT2D eigenvalue weighted by atomic mass is 9.98. The SMILES string of the molecule is CC=C=C=CCN(c1ccccc1)c1cc(C2=CCCCC2)sc1C(=O)O. The number of benzene rings is 1. The minimum Gasteiger partial charge on any atom is -0.477 e. The van der Waals surface area contributed by atoms with Crippen molar-refractivity contribution in [1.29, 1.82) is 0 Å². The van der Waals surface area contributed by atoms with Crippen LogP contribution in [-0.4, -0.2) is 17.6 Å². The minimum atomic E-state index is -0.883. The Bertz CT molecular complexity index is 927. The van der Waals surface area contributed by atoms with Crippen LogP contribution in [0, 0.1) is 0 Å². The molecule has 0 unspecified atom stereocenters. The van der Waals surface area contributed by atoms with Crippen LogP contribution in [0.5, 0.6) is 0 Å². The van der Waals surface area contributed by atoms with Crippen molar-refractivity contribution >= 4 is 34.3 Å². The molecule has 0 bridgehead atoms. The van der Waals surface area contributed by atoms with Gasteiger partial charge in [-0.1, -0.05) is 35.7 Å². The fourth-order valence-electron chi connectivity index (χ4n) is 3.19. The standard InChI is InChI=1S/C23H23NO2S/c1-2-3-4-11-16-24(19-14-9-6-10-15-19)20-17-21(27-22(20)23(25)26)18-12-7-5-8-13-18/h2,6,9-12,14-15,17H,5,7-8,13,16H2,1H3,(H,25,26). The van der Waals surface area contributed by atoms with Gasteiger partial charge in [0.25, 0.3) is 0 Å². The topological polar surface area (TPSA) is 40.5 Å². The van der Waals surface area contributed by atoms with Crippen molar-refractivity contribution in [2.75, 3.05) is 11.4 Å². The zero-order chi connectivity index (χ0) is 19.1. The Morgan fingerprint density at radius 2 is 2.07 bits per heavy atom. The van der Waals surface area contributed by atoms with Gasteiger partial charge in [-0.3, -0.25) is 0 Å². The number of nitrogens with zero attached hydrogens (tertiary/aromatic N) is 1. The highest BCUT2D eigenvalue weighted by Crippen LogP contribution is 2.40. The highest BCUT2D eigenvalue weighted by Gasteiger charge is 2.22. The van der Waals surface area contributed by atoms with Gasteiger partial charge in [-0.05, 0) is 68.5 Å². The normalized spacial score (nSPS) is 13.1. The monoisotopic (exact) mass is 377 g/mol. The van der Waals surface area contributed by atoms with Gasteiger partial charge in [0, 0.05) is 17.1 Å². The maximum atomic E-state index is 12.0. The number of thiophene rings is 1. The fourth-order valence-corrected chi connectivity index (χ4v) is 4.25. The molecule has 0 atom stereocenters. The van der Waals surface area contributed by atoms with E-state index in [0.29, 0.717) is 11.4 Å². The molecule has 0 spiro atoms. The minimum absolute atomic E-state index is 0.378. The van der Waals surface area contributed by atoms with Crippen LogP contribution in [0.25, 0.3) is 5.57 Å². The van der Waals surface area contributed by atoms with Crippen molar-refractivity contribution in [2.24, 2.45) is 0 Å². The summed E-state index contributed by atoms with van der Waals surface area (Å²) in [5, 5.41) is 9.80. The third kappa shape index (κ3) is 4.69. The Hall–Kier alpha value is -2.77. The largest absolute Gasteiger partial charge is 0.477 e. The molecule has 1 aromatic carbocycles. The number of hydrogen-bond donors (Lipinski definition) is 1. The van der Waals surface area contributed by atoms with Crippen LogP contribution in [-0.2, 0) is 0 Å². The molecule has 1 aliphatic carbocycles. The molecule has 1 aliphatic rings. The molecule has 1 aromatic heterocycles. The number of carbonyl (C=O) groups is 1. The number of carboxylic acid groups (broad SMARTS) is 1. The quantitative estimate of drug-likeness (QED) is 0.590. The predicted molar refractivity (Wildman–Crippen MR) is 113 cm³/mol. The van der Waals surface area contributed by atoms with Gasteiger partial charge in [0.1, 0.15) is 4.88 Å². The molecule has 0 aliphatic heterocycles. The van der Waals surface area contributed by atoms with Crippen molar-refractivity contribution in [2.45, 2.75) is 32.6 Å². The van der Waals surface area contributed by atoms with Crippen LogP contribution in [0.15, 0.2) is 66.1 Å². The molecular formula is C23H23NO2S. The molecule has 138 valence electrons. The Kier molecular flexibility index (Phi) is 6.51. The molecule has 0 radical (unpaired) electrons. The molecule has 1 N–H and O–H groups in total. The molecule has 3 nitrogen and oxygen atoms in total. The Labute approximate surface area is 164 Å². The van der Waals surface area contributed by atoms with E-state index in [9.17, 15) is 9.90 Å². The first-order valence-electron chi connectivity index (χ1n) is 9.20. The van der Waals surface area contributed by atoms with Crippen molar-refractivity contribution in [3.63, 3.8) is 0 Å². The summed E-state index contributed by atoms with van der Waals surface area (Å²) in [5.41, 5.74) is 8.89. The second kappa shape index (κ2) is 9.25. The highest BCUT2D eigenvalue weighted by molar-refractivity contribution is 7.15. The molecule has 0 amide bonds. The van der Waals surface area contributed by atoms with Gasteiger partial charge < -0.3 is 10.0 Å². The lowest BCUT2D eigenvalue weighted by Gasteiger charge is -2.22. The summed E-state index contributed by atoms with van der Waals surface area (Å²) >= 11 is 1.38. The Balaban J connectivity index is 2.07. The van der Waals surface area contributed by atoms with E-state index in [1.165, 1.54) is 29.8 Å². The van der Waals surface area contributed by atoms with E-state index in [1.54, 1.807) is 6.08 Å². The van der Waals surface area contributed by atoms with Gasteiger partial charge in [-0.2, -0.15) is 0 Å². The zero-order valence-electron chi connectivity index (χ0n) is 15.4. The maximum Gasteiger partial charge on any atom is 0.348 e. The molecule has 27 heavy (non-hydrogen) atoms. The number of para-hydroxylation sites is 1. The summed E-state index contributed by atoms with van der Waals surface area (Å²) in [6.07, 6.45) is 10.4. The van der Waals surface area contributed by atoms with Crippen LogP contribution >= 0.6 is 11.3 Å². The lowest BCUT2D eigenvalue weighted by Crippen LogP contribution is -2.18. The van der Waals surface area contributed by atoms with E-state index in [2.05, 4.69) is 17.5 Å². The Morgan fingerprint density at radius 3 is 2.74 bits per heavy atom. The average Bonchev–Trinajstić information content (AvgIpc) is 3.15. The summed E-state index contributed by atoms with van der Waals surface area (Å²) in [5.74, 6) is -0.883. The summed E-state index contributed by atoms with van der Waals surface area (Å²) in [6, 6.07) is 11.9. The van der Waals surface area contributed by atoms with E-state index in [-0.39, 0.29) is 0 Å². The first-order chi connectivity index (χ1) is 13.2. The number of allylic oxidation sites excluding steroid dienone is 3. The molecule has 0 saturated heterocycles. The molecule has 1 heterocycles. The van der Waals surface area contributed by atoms with E-state index in [4.69, 9.17) is 0 Å². The number of aromatic carboxylic acids is 1. The van der Waals surface area contributed by atoms with Gasteiger partial charge in [-0.15, -0.1) is 11.3 Å². The third-order valence-corrected chi connectivity index (χ3v) is 5.66. The van der Waals surface area contributed by atoms with E-state index in [1.807, 2.05) is 54.3 Å². The van der Waals surface area contributed by atoms with Crippen LogP contribution < -0.4 is 4.90 Å². The van der Waals surface area contributed by atoms with Gasteiger partial charge in [0.05, 0.1) is 5.69 Å².